The van der Waals surface area contributed by atoms with E-state index in [1.54, 1.807) is 7.11 Å². The Morgan fingerprint density at radius 3 is 2.83 bits per heavy atom. The summed E-state index contributed by atoms with van der Waals surface area (Å²) in [4.78, 5) is 11.6. The lowest BCUT2D eigenvalue weighted by Gasteiger charge is -2.07. The fourth-order valence-electron chi connectivity index (χ4n) is 1.24. The standard InChI is InChI=1S/C11H19N3O4/c1-16-6-7-17-5-3-14-11(15)8-10(9-13-14)18-4-2-12/h8-9H,2-7,12H2,1H3. The fraction of sp³-hybridized carbons (Fsp3) is 0.636. The quantitative estimate of drug-likeness (QED) is 0.585. The first-order chi connectivity index (χ1) is 8.77. The van der Waals surface area contributed by atoms with Crippen molar-refractivity contribution in [2.45, 2.75) is 6.54 Å². The highest BCUT2D eigenvalue weighted by atomic mass is 16.5. The minimum Gasteiger partial charge on any atom is -0.490 e. The van der Waals surface area contributed by atoms with Gasteiger partial charge in [-0.25, -0.2) is 4.68 Å². The molecule has 0 spiro atoms. The molecule has 18 heavy (non-hydrogen) atoms. The van der Waals surface area contributed by atoms with E-state index in [4.69, 9.17) is 19.9 Å². The van der Waals surface area contributed by atoms with Gasteiger partial charge in [-0.05, 0) is 0 Å². The lowest BCUT2D eigenvalue weighted by atomic mass is 10.5. The average molecular weight is 257 g/mol. The molecular formula is C11H19N3O4. The van der Waals surface area contributed by atoms with Crippen LogP contribution in [0.15, 0.2) is 17.1 Å². The number of ether oxygens (including phenoxy) is 3. The van der Waals surface area contributed by atoms with Gasteiger partial charge in [0.1, 0.15) is 12.4 Å². The third kappa shape index (κ3) is 5.26. The Labute approximate surface area is 105 Å². The van der Waals surface area contributed by atoms with Gasteiger partial charge < -0.3 is 19.9 Å². The molecule has 0 aliphatic heterocycles. The third-order valence-electron chi connectivity index (χ3n) is 2.11. The van der Waals surface area contributed by atoms with Crippen LogP contribution >= 0.6 is 0 Å². The molecule has 0 aromatic carbocycles. The van der Waals surface area contributed by atoms with Crippen LogP contribution in [0.4, 0.5) is 0 Å². The van der Waals surface area contributed by atoms with E-state index in [2.05, 4.69) is 5.10 Å². The monoisotopic (exact) mass is 257 g/mol. The summed E-state index contributed by atoms with van der Waals surface area (Å²) in [6.45, 7) is 2.62. The van der Waals surface area contributed by atoms with Gasteiger partial charge in [0, 0.05) is 19.7 Å². The summed E-state index contributed by atoms with van der Waals surface area (Å²) < 4.78 is 16.6. The summed E-state index contributed by atoms with van der Waals surface area (Å²) in [6, 6.07) is 1.39. The Morgan fingerprint density at radius 1 is 1.33 bits per heavy atom. The summed E-state index contributed by atoms with van der Waals surface area (Å²) >= 11 is 0. The second kappa shape index (κ2) is 8.62. The van der Waals surface area contributed by atoms with E-state index in [9.17, 15) is 4.79 Å². The van der Waals surface area contributed by atoms with Gasteiger partial charge in [0.15, 0.2) is 0 Å². The topological polar surface area (TPSA) is 88.6 Å². The van der Waals surface area contributed by atoms with Crippen molar-refractivity contribution in [1.29, 1.82) is 0 Å². The van der Waals surface area contributed by atoms with Crippen LogP contribution in [-0.4, -0.2) is 49.9 Å². The van der Waals surface area contributed by atoms with Gasteiger partial charge >= 0.3 is 0 Å². The molecule has 0 unspecified atom stereocenters. The van der Waals surface area contributed by atoms with Crippen LogP contribution in [0.25, 0.3) is 0 Å². The number of hydrogen-bond acceptors (Lipinski definition) is 6. The predicted molar refractivity (Wildman–Crippen MR) is 65.7 cm³/mol. The van der Waals surface area contributed by atoms with Gasteiger partial charge in [0.2, 0.25) is 0 Å². The number of nitrogens with two attached hydrogens (primary N) is 1. The van der Waals surface area contributed by atoms with Crippen LogP contribution in [0.2, 0.25) is 0 Å². The molecule has 102 valence electrons. The molecule has 0 fully saturated rings. The van der Waals surface area contributed by atoms with Crippen molar-refractivity contribution >= 4 is 0 Å². The summed E-state index contributed by atoms with van der Waals surface area (Å²) in [7, 11) is 1.61. The van der Waals surface area contributed by atoms with E-state index < -0.39 is 0 Å². The van der Waals surface area contributed by atoms with E-state index in [0.717, 1.165) is 0 Å². The molecule has 0 atom stereocenters. The van der Waals surface area contributed by atoms with Crippen molar-refractivity contribution < 1.29 is 14.2 Å². The van der Waals surface area contributed by atoms with E-state index in [1.807, 2.05) is 0 Å². The molecule has 1 heterocycles. The van der Waals surface area contributed by atoms with E-state index >= 15 is 0 Å². The van der Waals surface area contributed by atoms with Gasteiger partial charge in [0.05, 0.1) is 32.6 Å². The van der Waals surface area contributed by atoms with Crippen molar-refractivity contribution in [2.75, 3.05) is 40.1 Å². The maximum atomic E-state index is 11.6. The van der Waals surface area contributed by atoms with Gasteiger partial charge in [0.25, 0.3) is 5.56 Å². The lowest BCUT2D eigenvalue weighted by molar-refractivity contribution is 0.0648. The molecule has 1 rings (SSSR count). The number of hydrogen-bond donors (Lipinski definition) is 1. The summed E-state index contributed by atoms with van der Waals surface area (Å²) in [6.07, 6.45) is 1.49. The number of nitrogens with zero attached hydrogens (tertiary/aromatic N) is 2. The largest absolute Gasteiger partial charge is 0.490 e. The molecule has 7 heteroatoms. The lowest BCUT2D eigenvalue weighted by Crippen LogP contribution is -2.25. The van der Waals surface area contributed by atoms with Crippen LogP contribution in [0, 0.1) is 0 Å². The molecule has 1 aromatic rings. The van der Waals surface area contributed by atoms with Crippen LogP contribution in [0.3, 0.4) is 0 Å². The van der Waals surface area contributed by atoms with Crippen LogP contribution < -0.4 is 16.0 Å². The zero-order valence-electron chi connectivity index (χ0n) is 10.5. The third-order valence-corrected chi connectivity index (χ3v) is 2.11. The number of aromatic nitrogens is 2. The zero-order chi connectivity index (χ0) is 13.2. The minimum absolute atomic E-state index is 0.222. The molecule has 0 aliphatic rings. The molecule has 1 aromatic heterocycles. The first kappa shape index (κ1) is 14.6. The maximum absolute atomic E-state index is 11.6. The highest BCUT2D eigenvalue weighted by Crippen LogP contribution is 2.02. The minimum atomic E-state index is -0.222. The molecule has 2 N–H and O–H groups in total. The van der Waals surface area contributed by atoms with Gasteiger partial charge in [-0.3, -0.25) is 4.79 Å². The highest BCUT2D eigenvalue weighted by molar-refractivity contribution is 5.13. The molecule has 7 nitrogen and oxygen atoms in total. The average Bonchev–Trinajstić information content (AvgIpc) is 2.38. The molecular weight excluding hydrogens is 238 g/mol. The summed E-state index contributed by atoms with van der Waals surface area (Å²) in [5, 5.41) is 3.98. The van der Waals surface area contributed by atoms with E-state index in [1.165, 1.54) is 16.9 Å². The maximum Gasteiger partial charge on any atom is 0.270 e. The second-order valence-corrected chi connectivity index (χ2v) is 3.49. The predicted octanol–water partition coefficient (Wildman–Crippen LogP) is -0.756. The van der Waals surface area contributed by atoms with Crippen LogP contribution in [0.1, 0.15) is 0 Å². The van der Waals surface area contributed by atoms with E-state index in [0.29, 0.717) is 45.3 Å². The van der Waals surface area contributed by atoms with Crippen molar-refractivity contribution in [1.82, 2.24) is 9.78 Å². The van der Waals surface area contributed by atoms with Crippen molar-refractivity contribution in [3.63, 3.8) is 0 Å². The Hall–Kier alpha value is -1.44. The normalized spacial score (nSPS) is 10.6. The molecule has 0 saturated carbocycles. The number of rotatable bonds is 9. The molecule has 0 bridgehead atoms. The van der Waals surface area contributed by atoms with Crippen LogP contribution in [-0.2, 0) is 16.0 Å². The van der Waals surface area contributed by atoms with Crippen molar-refractivity contribution in [3.05, 3.63) is 22.6 Å². The van der Waals surface area contributed by atoms with Gasteiger partial charge in [-0.1, -0.05) is 0 Å². The molecule has 0 aliphatic carbocycles. The SMILES string of the molecule is COCCOCCn1ncc(OCCN)cc1=O. The zero-order valence-corrected chi connectivity index (χ0v) is 10.5. The molecule has 0 amide bonds. The Kier molecular flexibility index (Phi) is 7.00. The van der Waals surface area contributed by atoms with Crippen molar-refractivity contribution in [2.24, 2.45) is 5.73 Å². The number of methoxy groups -OCH3 is 1. The Balaban J connectivity index is 2.40. The molecule has 0 radical (unpaired) electrons. The van der Waals surface area contributed by atoms with Gasteiger partial charge in [-0.15, -0.1) is 0 Å². The summed E-state index contributed by atoms with van der Waals surface area (Å²) in [5.41, 5.74) is 5.07. The molecule has 0 saturated heterocycles. The van der Waals surface area contributed by atoms with Crippen molar-refractivity contribution in [3.8, 4) is 5.75 Å². The first-order valence-corrected chi connectivity index (χ1v) is 5.74. The highest BCUT2D eigenvalue weighted by Gasteiger charge is 2.00. The second-order valence-electron chi connectivity index (χ2n) is 3.49. The van der Waals surface area contributed by atoms with E-state index in [-0.39, 0.29) is 5.56 Å². The van der Waals surface area contributed by atoms with Crippen LogP contribution in [0.5, 0.6) is 5.75 Å². The summed E-state index contributed by atoms with van der Waals surface area (Å²) in [5.74, 6) is 0.432. The smallest absolute Gasteiger partial charge is 0.270 e. The first-order valence-electron chi connectivity index (χ1n) is 5.74. The Bertz CT molecular complexity index is 394. The Morgan fingerprint density at radius 2 is 2.17 bits per heavy atom. The fourth-order valence-corrected chi connectivity index (χ4v) is 1.24. The van der Waals surface area contributed by atoms with Gasteiger partial charge in [-0.2, -0.15) is 5.10 Å².